The van der Waals surface area contributed by atoms with E-state index >= 15 is 0 Å². The van der Waals surface area contributed by atoms with Gasteiger partial charge >= 0.3 is 5.63 Å². The summed E-state index contributed by atoms with van der Waals surface area (Å²) in [6.45, 7) is 0. The van der Waals surface area contributed by atoms with Crippen molar-refractivity contribution in [3.05, 3.63) is 63.8 Å². The van der Waals surface area contributed by atoms with Crippen molar-refractivity contribution < 1.29 is 19.2 Å². The highest BCUT2D eigenvalue weighted by Gasteiger charge is 2.20. The molecule has 3 rings (SSSR count). The maximum absolute atomic E-state index is 12.4. The summed E-state index contributed by atoms with van der Waals surface area (Å²) < 4.78 is 10.3. The molecule has 8 heteroatoms. The van der Waals surface area contributed by atoms with Crippen molar-refractivity contribution in [2.24, 2.45) is 0 Å². The summed E-state index contributed by atoms with van der Waals surface area (Å²) in [5.41, 5.74) is 1.15. The molecule has 0 saturated heterocycles. The van der Waals surface area contributed by atoms with Gasteiger partial charge in [-0.25, -0.2) is 4.79 Å². The van der Waals surface area contributed by atoms with Crippen LogP contribution in [0.5, 0.6) is 5.75 Å². The monoisotopic (exact) mass is 358 g/mol. The largest absolute Gasteiger partial charge is 0.497 e. The van der Waals surface area contributed by atoms with Crippen LogP contribution in [0.3, 0.4) is 0 Å². The van der Waals surface area contributed by atoms with Crippen LogP contribution in [0.15, 0.2) is 57.1 Å². The molecule has 128 valence electrons. The number of hydrogen-bond acceptors (Lipinski definition) is 7. The molecule has 1 amide bonds. The molecule has 0 atom stereocenters. The van der Waals surface area contributed by atoms with Crippen molar-refractivity contribution in [3.8, 4) is 16.4 Å². The normalized spacial score (nSPS) is 10.3. The highest BCUT2D eigenvalue weighted by atomic mass is 32.1. The molecule has 0 radical (unpaired) electrons. The van der Waals surface area contributed by atoms with E-state index in [0.717, 1.165) is 0 Å². The van der Waals surface area contributed by atoms with Gasteiger partial charge in [0.15, 0.2) is 11.3 Å². The van der Waals surface area contributed by atoms with Gasteiger partial charge in [-0.2, -0.15) is 0 Å². The highest BCUT2D eigenvalue weighted by molar-refractivity contribution is 7.13. The van der Waals surface area contributed by atoms with Crippen molar-refractivity contribution in [1.29, 1.82) is 0 Å². The van der Waals surface area contributed by atoms with Crippen LogP contribution in [0.2, 0.25) is 0 Å². The lowest BCUT2D eigenvalue weighted by Gasteiger charge is -2.09. The number of benzene rings is 1. The van der Waals surface area contributed by atoms with Crippen LogP contribution in [0.4, 0.5) is 11.4 Å². The summed E-state index contributed by atoms with van der Waals surface area (Å²) in [5, 5.41) is 13.7. The summed E-state index contributed by atoms with van der Waals surface area (Å²) in [7, 11) is 1.53. The molecule has 0 unspecified atom stereocenters. The van der Waals surface area contributed by atoms with E-state index in [9.17, 15) is 14.8 Å². The van der Waals surface area contributed by atoms with E-state index in [1.807, 2.05) is 10.9 Å². The fourth-order valence-corrected chi connectivity index (χ4v) is 2.88. The highest BCUT2D eigenvalue weighted by Crippen LogP contribution is 2.27. The lowest BCUT2D eigenvalue weighted by atomic mass is 10.2. The van der Waals surface area contributed by atoms with E-state index < -0.39 is 11.5 Å². The van der Waals surface area contributed by atoms with Gasteiger partial charge in [0.25, 0.3) is 5.91 Å². The first kappa shape index (κ1) is 16.7. The number of nitrogens with one attached hydrogen (secondary N) is 2. The van der Waals surface area contributed by atoms with Gasteiger partial charge in [0.05, 0.1) is 17.7 Å². The van der Waals surface area contributed by atoms with Crippen LogP contribution in [0, 0.1) is 0 Å². The standard InChI is InChI=1S/C17H14N2O5S/c1-23-11-6-4-10(5-7-11)18-16(20)15-12(19-22)9-13(24-17(15)21)14-3-2-8-25-14/h2-9,19,22H,1H3,(H,18,20). The van der Waals surface area contributed by atoms with E-state index in [1.54, 1.807) is 36.4 Å². The van der Waals surface area contributed by atoms with Crippen molar-refractivity contribution >= 4 is 28.6 Å². The van der Waals surface area contributed by atoms with E-state index in [4.69, 9.17) is 9.15 Å². The fourth-order valence-electron chi connectivity index (χ4n) is 2.20. The Bertz CT molecular complexity index is 933. The third-order valence-electron chi connectivity index (χ3n) is 3.41. The van der Waals surface area contributed by atoms with Crippen LogP contribution in [0.25, 0.3) is 10.6 Å². The van der Waals surface area contributed by atoms with Crippen molar-refractivity contribution in [1.82, 2.24) is 0 Å². The van der Waals surface area contributed by atoms with Gasteiger partial charge in [0.1, 0.15) is 5.75 Å². The Labute approximate surface area is 146 Å². The molecule has 0 aliphatic rings. The van der Waals surface area contributed by atoms with Crippen LogP contribution in [0.1, 0.15) is 10.4 Å². The first-order valence-corrected chi connectivity index (χ1v) is 8.08. The second-order valence-corrected chi connectivity index (χ2v) is 5.91. The molecule has 0 spiro atoms. The maximum Gasteiger partial charge on any atom is 0.351 e. The molecule has 0 fully saturated rings. The summed E-state index contributed by atoms with van der Waals surface area (Å²) in [6, 6.07) is 11.6. The zero-order valence-corrected chi connectivity index (χ0v) is 13.9. The Balaban J connectivity index is 1.92. The number of ether oxygens (including phenoxy) is 1. The predicted molar refractivity (Wildman–Crippen MR) is 94.6 cm³/mol. The van der Waals surface area contributed by atoms with Gasteiger partial charge in [-0.15, -0.1) is 11.3 Å². The van der Waals surface area contributed by atoms with Gasteiger partial charge < -0.3 is 14.5 Å². The first-order valence-electron chi connectivity index (χ1n) is 7.20. The predicted octanol–water partition coefficient (Wildman–Crippen LogP) is 3.43. The third-order valence-corrected chi connectivity index (χ3v) is 4.30. The molecule has 0 aliphatic carbocycles. The molecule has 3 aromatic rings. The molecule has 25 heavy (non-hydrogen) atoms. The Morgan fingerprint density at radius 3 is 2.60 bits per heavy atom. The lowest BCUT2D eigenvalue weighted by molar-refractivity contribution is 0.102. The van der Waals surface area contributed by atoms with E-state index in [0.29, 0.717) is 16.3 Å². The molecule has 0 saturated carbocycles. The van der Waals surface area contributed by atoms with Gasteiger partial charge in [-0.05, 0) is 35.7 Å². The minimum Gasteiger partial charge on any atom is -0.497 e. The Morgan fingerprint density at radius 1 is 1.24 bits per heavy atom. The SMILES string of the molecule is COc1ccc(NC(=O)c2c(NO)cc(-c3cccs3)oc2=O)cc1. The van der Waals surface area contributed by atoms with Gasteiger partial charge in [0, 0.05) is 11.8 Å². The Kier molecular flexibility index (Phi) is 4.82. The fraction of sp³-hybridized carbons (Fsp3) is 0.0588. The smallest absolute Gasteiger partial charge is 0.351 e. The molecule has 2 heterocycles. The minimum absolute atomic E-state index is 0.0364. The lowest BCUT2D eigenvalue weighted by Crippen LogP contribution is -2.23. The molecule has 7 nitrogen and oxygen atoms in total. The zero-order chi connectivity index (χ0) is 17.8. The van der Waals surface area contributed by atoms with Gasteiger partial charge in [-0.3, -0.25) is 15.5 Å². The summed E-state index contributed by atoms with van der Waals surface area (Å²) in [4.78, 5) is 25.4. The Hall–Kier alpha value is -3.10. The number of anilines is 2. The van der Waals surface area contributed by atoms with Gasteiger partial charge in [0.2, 0.25) is 0 Å². The number of rotatable bonds is 5. The maximum atomic E-state index is 12.4. The van der Waals surface area contributed by atoms with E-state index in [2.05, 4.69) is 5.32 Å². The average Bonchev–Trinajstić information content (AvgIpc) is 3.16. The topological polar surface area (TPSA) is 101 Å². The number of methoxy groups -OCH3 is 1. The van der Waals surface area contributed by atoms with Crippen molar-refractivity contribution in [2.75, 3.05) is 17.9 Å². The number of thiophene rings is 1. The van der Waals surface area contributed by atoms with Crippen molar-refractivity contribution in [3.63, 3.8) is 0 Å². The summed E-state index contributed by atoms with van der Waals surface area (Å²) >= 11 is 1.37. The molecule has 1 aromatic carbocycles. The van der Waals surface area contributed by atoms with Crippen molar-refractivity contribution in [2.45, 2.75) is 0 Å². The number of carbonyl (C=O) groups excluding carboxylic acids is 1. The summed E-state index contributed by atoms with van der Waals surface area (Å²) in [6.07, 6.45) is 0. The molecule has 0 aliphatic heterocycles. The van der Waals surface area contributed by atoms with E-state index in [1.165, 1.54) is 24.5 Å². The molecule has 2 aromatic heterocycles. The minimum atomic E-state index is -0.853. The van der Waals surface area contributed by atoms with E-state index in [-0.39, 0.29) is 17.0 Å². The third kappa shape index (κ3) is 3.54. The molecule has 3 N–H and O–H groups in total. The van der Waals surface area contributed by atoms with Crippen LogP contribution < -0.4 is 21.2 Å². The number of amides is 1. The van der Waals surface area contributed by atoms with Crippen LogP contribution in [-0.2, 0) is 0 Å². The molecule has 0 bridgehead atoms. The second-order valence-electron chi connectivity index (χ2n) is 4.96. The summed E-state index contributed by atoms with van der Waals surface area (Å²) in [5.74, 6) is 0.196. The average molecular weight is 358 g/mol. The molecular formula is C17H14N2O5S. The van der Waals surface area contributed by atoms with Gasteiger partial charge in [-0.1, -0.05) is 6.07 Å². The zero-order valence-electron chi connectivity index (χ0n) is 13.1. The van der Waals surface area contributed by atoms with Crippen LogP contribution in [-0.4, -0.2) is 18.2 Å². The number of carbonyl (C=O) groups is 1. The Morgan fingerprint density at radius 2 is 2.00 bits per heavy atom. The van der Waals surface area contributed by atoms with Crippen LogP contribution >= 0.6 is 11.3 Å². The second kappa shape index (κ2) is 7.20. The number of hydrogen-bond donors (Lipinski definition) is 3. The first-order chi connectivity index (χ1) is 12.1. The molecular weight excluding hydrogens is 344 g/mol. The quantitative estimate of drug-likeness (QED) is 0.604.